The lowest BCUT2D eigenvalue weighted by Crippen LogP contribution is -2.10. The first-order chi connectivity index (χ1) is 8.65. The molecule has 2 N–H and O–H groups in total. The highest BCUT2D eigenvalue weighted by Crippen LogP contribution is 2.12. The lowest BCUT2D eigenvalue weighted by atomic mass is 10.2. The minimum Gasteiger partial charge on any atom is -0.492 e. The van der Waals surface area contributed by atoms with Gasteiger partial charge in [-0.15, -0.1) is 0 Å². The fourth-order valence-electron chi connectivity index (χ4n) is 1.56. The molecule has 0 aliphatic rings. The first kappa shape index (κ1) is 12.6. The van der Waals surface area contributed by atoms with E-state index in [1.165, 1.54) is 0 Å². The molecule has 4 nitrogen and oxygen atoms in total. The number of hydrogen-bond donors (Lipinski definition) is 1. The second kappa shape index (κ2) is 5.64. The van der Waals surface area contributed by atoms with Gasteiger partial charge < -0.3 is 10.5 Å². The Balaban J connectivity index is 1.85. The number of rotatable bonds is 5. The topological polar surface area (TPSA) is 53.1 Å². The monoisotopic (exact) mass is 261 g/mol. The summed E-state index contributed by atoms with van der Waals surface area (Å²) in [5.74, 6) is 0.805. The number of benzene rings is 1. The Kier molecular flexibility index (Phi) is 3.94. The first-order valence-electron chi connectivity index (χ1n) is 5.68. The number of thiocarbonyl (C=S) groups is 1. The van der Waals surface area contributed by atoms with Gasteiger partial charge in [-0.2, -0.15) is 5.10 Å². The summed E-state index contributed by atoms with van der Waals surface area (Å²) in [6, 6.07) is 9.41. The van der Waals surface area contributed by atoms with Crippen LogP contribution in [0.3, 0.4) is 0 Å². The van der Waals surface area contributed by atoms with Gasteiger partial charge in [-0.3, -0.25) is 4.68 Å². The molecule has 0 atom stereocenters. The van der Waals surface area contributed by atoms with Crippen molar-refractivity contribution in [2.45, 2.75) is 13.5 Å². The van der Waals surface area contributed by atoms with Gasteiger partial charge in [-0.1, -0.05) is 12.2 Å². The highest BCUT2D eigenvalue weighted by atomic mass is 32.1. The quantitative estimate of drug-likeness (QED) is 0.835. The van der Waals surface area contributed by atoms with E-state index in [0.29, 0.717) is 11.6 Å². The Bertz CT molecular complexity index is 533. The fraction of sp³-hybridized carbons (Fsp3) is 0.231. The molecule has 1 heterocycles. The number of ether oxygens (including phenoxy) is 1. The molecule has 0 fully saturated rings. The van der Waals surface area contributed by atoms with Crippen molar-refractivity contribution in [3.05, 3.63) is 47.8 Å². The summed E-state index contributed by atoms with van der Waals surface area (Å²) in [6.45, 7) is 3.27. The number of nitrogens with zero attached hydrogens (tertiary/aromatic N) is 2. The molecule has 1 aromatic carbocycles. The van der Waals surface area contributed by atoms with Crippen LogP contribution in [0, 0.1) is 6.92 Å². The third-order valence-corrected chi connectivity index (χ3v) is 2.74. The zero-order valence-electron chi connectivity index (χ0n) is 10.2. The van der Waals surface area contributed by atoms with Crippen LogP contribution in [0.25, 0.3) is 0 Å². The molecule has 0 amide bonds. The fourth-order valence-corrected chi connectivity index (χ4v) is 1.70. The van der Waals surface area contributed by atoms with E-state index >= 15 is 0 Å². The Morgan fingerprint density at radius 3 is 2.61 bits per heavy atom. The largest absolute Gasteiger partial charge is 0.492 e. The highest BCUT2D eigenvalue weighted by Gasteiger charge is 1.98. The van der Waals surface area contributed by atoms with E-state index in [9.17, 15) is 0 Å². The van der Waals surface area contributed by atoms with Crippen molar-refractivity contribution in [2.75, 3.05) is 6.61 Å². The maximum Gasteiger partial charge on any atom is 0.119 e. The van der Waals surface area contributed by atoms with E-state index < -0.39 is 0 Å². The zero-order valence-corrected chi connectivity index (χ0v) is 11.0. The van der Waals surface area contributed by atoms with Crippen molar-refractivity contribution in [3.8, 4) is 5.75 Å². The Morgan fingerprint density at radius 1 is 1.33 bits per heavy atom. The van der Waals surface area contributed by atoms with E-state index in [4.69, 9.17) is 22.7 Å². The van der Waals surface area contributed by atoms with Crippen LogP contribution in [0.4, 0.5) is 0 Å². The lowest BCUT2D eigenvalue weighted by Gasteiger charge is -2.07. The Labute approximate surface area is 111 Å². The van der Waals surface area contributed by atoms with Gasteiger partial charge in [-0.25, -0.2) is 0 Å². The molecule has 0 spiro atoms. The van der Waals surface area contributed by atoms with E-state index in [0.717, 1.165) is 23.6 Å². The molecule has 5 heteroatoms. The second-order valence-electron chi connectivity index (χ2n) is 3.96. The average molecular weight is 261 g/mol. The summed E-state index contributed by atoms with van der Waals surface area (Å²) in [4.78, 5) is 0.397. The van der Waals surface area contributed by atoms with Crippen LogP contribution >= 0.6 is 12.2 Å². The van der Waals surface area contributed by atoms with Gasteiger partial charge in [0, 0.05) is 11.8 Å². The van der Waals surface area contributed by atoms with Crippen molar-refractivity contribution in [3.63, 3.8) is 0 Å². The maximum absolute atomic E-state index is 5.61. The predicted octanol–water partition coefficient (Wildman–Crippen LogP) is 1.90. The first-order valence-corrected chi connectivity index (χ1v) is 6.09. The van der Waals surface area contributed by atoms with Crippen molar-refractivity contribution in [1.82, 2.24) is 9.78 Å². The van der Waals surface area contributed by atoms with Gasteiger partial charge in [0.2, 0.25) is 0 Å². The average Bonchev–Trinajstić information content (AvgIpc) is 2.76. The van der Waals surface area contributed by atoms with Crippen LogP contribution in [0.1, 0.15) is 11.3 Å². The molecular weight excluding hydrogens is 246 g/mol. The number of aryl methyl sites for hydroxylation is 1. The third kappa shape index (κ3) is 3.30. The number of aromatic nitrogens is 2. The van der Waals surface area contributed by atoms with Crippen molar-refractivity contribution >= 4 is 17.2 Å². The van der Waals surface area contributed by atoms with E-state index in [1.54, 1.807) is 0 Å². The maximum atomic E-state index is 5.61. The summed E-state index contributed by atoms with van der Waals surface area (Å²) in [7, 11) is 0. The molecule has 2 aromatic rings. The van der Waals surface area contributed by atoms with Crippen molar-refractivity contribution in [1.29, 1.82) is 0 Å². The minimum atomic E-state index is 0.397. The highest BCUT2D eigenvalue weighted by molar-refractivity contribution is 7.80. The number of nitrogens with two attached hydrogens (primary N) is 1. The van der Waals surface area contributed by atoms with Crippen LogP contribution in [0.15, 0.2) is 36.5 Å². The molecule has 94 valence electrons. The molecule has 0 bridgehead atoms. The molecule has 0 radical (unpaired) electrons. The molecule has 18 heavy (non-hydrogen) atoms. The van der Waals surface area contributed by atoms with E-state index in [1.807, 2.05) is 48.1 Å². The van der Waals surface area contributed by atoms with Crippen molar-refractivity contribution < 1.29 is 4.74 Å². The van der Waals surface area contributed by atoms with Gasteiger partial charge in [0.25, 0.3) is 0 Å². The van der Waals surface area contributed by atoms with Gasteiger partial charge >= 0.3 is 0 Å². The van der Waals surface area contributed by atoms with Gasteiger partial charge in [0.1, 0.15) is 17.3 Å². The molecule has 0 saturated carbocycles. The minimum absolute atomic E-state index is 0.397. The van der Waals surface area contributed by atoms with Crippen LogP contribution < -0.4 is 10.5 Å². The standard InChI is InChI=1S/C13H15N3OS/c1-10-6-7-16(15-10)8-9-17-12-4-2-11(3-5-12)13(14)18/h2-7H,8-9H2,1H3,(H2,14,18). The molecule has 0 saturated heterocycles. The predicted molar refractivity (Wildman–Crippen MR) is 74.8 cm³/mol. The lowest BCUT2D eigenvalue weighted by molar-refractivity contribution is 0.291. The normalized spacial score (nSPS) is 10.3. The molecule has 0 aliphatic heterocycles. The second-order valence-corrected chi connectivity index (χ2v) is 4.40. The van der Waals surface area contributed by atoms with Crippen LogP contribution in [0.5, 0.6) is 5.75 Å². The van der Waals surface area contributed by atoms with E-state index in [-0.39, 0.29) is 0 Å². The van der Waals surface area contributed by atoms with Gasteiger partial charge in [-0.05, 0) is 37.3 Å². The summed E-state index contributed by atoms with van der Waals surface area (Å²) >= 11 is 4.88. The Hall–Kier alpha value is -1.88. The number of hydrogen-bond acceptors (Lipinski definition) is 3. The third-order valence-electron chi connectivity index (χ3n) is 2.50. The molecule has 0 aliphatic carbocycles. The molecule has 2 rings (SSSR count). The van der Waals surface area contributed by atoms with Gasteiger partial charge in [0.05, 0.1) is 12.2 Å². The van der Waals surface area contributed by atoms with E-state index in [2.05, 4.69) is 5.10 Å². The van der Waals surface area contributed by atoms with Crippen molar-refractivity contribution in [2.24, 2.45) is 5.73 Å². The van der Waals surface area contributed by atoms with Crippen LogP contribution in [0.2, 0.25) is 0 Å². The Morgan fingerprint density at radius 2 is 2.06 bits per heavy atom. The summed E-state index contributed by atoms with van der Waals surface area (Å²) in [6.07, 6.45) is 1.94. The molecular formula is C13H15N3OS. The summed E-state index contributed by atoms with van der Waals surface area (Å²) in [5.41, 5.74) is 7.38. The van der Waals surface area contributed by atoms with Gasteiger partial charge in [0.15, 0.2) is 0 Å². The van der Waals surface area contributed by atoms with Crippen LogP contribution in [-0.4, -0.2) is 21.4 Å². The summed E-state index contributed by atoms with van der Waals surface area (Å²) in [5, 5.41) is 4.28. The molecule has 1 aromatic heterocycles. The SMILES string of the molecule is Cc1ccn(CCOc2ccc(C(N)=S)cc2)n1. The smallest absolute Gasteiger partial charge is 0.119 e. The van der Waals surface area contributed by atoms with Crippen LogP contribution in [-0.2, 0) is 6.54 Å². The summed E-state index contributed by atoms with van der Waals surface area (Å²) < 4.78 is 7.47. The zero-order chi connectivity index (χ0) is 13.0. The molecule has 0 unspecified atom stereocenters.